The average molecular weight is 377 g/mol. The zero-order valence-corrected chi connectivity index (χ0v) is 17.5. The number of fused-ring (bicyclic) bond motifs is 1. The van der Waals surface area contributed by atoms with E-state index >= 15 is 0 Å². The maximum Gasteiger partial charge on any atom is 0.167 e. The second-order valence-corrected chi connectivity index (χ2v) is 6.68. The standard InChI is InChI=1S/C10H7NO8S2.2Na/c12-10-7-2-1-6(20(14,15)16)3-5(7)4-8(9(10)11-13)21(17,18)19;;/h1-4,12H,(H,14,15,16)(H,17,18,19);;/p-2. The number of rotatable bonds is 3. The first-order valence-corrected chi connectivity index (χ1v) is 7.92. The summed E-state index contributed by atoms with van der Waals surface area (Å²) in [5.41, 5.74) is -0.977. The first kappa shape index (κ1) is 22.9. The molecule has 0 aliphatic carbocycles. The molecule has 9 nitrogen and oxygen atoms in total. The zero-order valence-electron chi connectivity index (χ0n) is 11.9. The van der Waals surface area contributed by atoms with Crippen molar-refractivity contribution in [3.63, 3.8) is 0 Å². The van der Waals surface area contributed by atoms with Crippen LogP contribution in [0.2, 0.25) is 0 Å². The van der Waals surface area contributed by atoms with E-state index in [9.17, 15) is 36.0 Å². The summed E-state index contributed by atoms with van der Waals surface area (Å²) in [5, 5.41) is 11.7. The molecule has 13 heteroatoms. The molecule has 0 unspecified atom stereocenters. The summed E-state index contributed by atoms with van der Waals surface area (Å²) in [5.74, 6) is -0.897. The first-order valence-electron chi connectivity index (χ1n) is 5.10. The molecule has 0 fully saturated rings. The smallest absolute Gasteiger partial charge is 0.167 e. The van der Waals surface area contributed by atoms with Crippen LogP contribution in [0, 0.1) is 4.91 Å². The number of nitroso groups, excluding NO2 is 1. The predicted molar refractivity (Wildman–Crippen MR) is 78.5 cm³/mol. The van der Waals surface area contributed by atoms with Crippen LogP contribution < -0.4 is 0 Å². The van der Waals surface area contributed by atoms with E-state index in [-0.39, 0.29) is 69.9 Å². The van der Waals surface area contributed by atoms with Gasteiger partial charge in [-0.15, -0.1) is 4.91 Å². The van der Waals surface area contributed by atoms with E-state index in [0.717, 1.165) is 18.2 Å². The molecule has 0 atom stereocenters. The molecule has 114 valence electrons. The molecule has 0 amide bonds. The van der Waals surface area contributed by atoms with Crippen molar-refractivity contribution in [2.24, 2.45) is 5.18 Å². The maximum absolute atomic E-state index is 11.0. The summed E-state index contributed by atoms with van der Waals surface area (Å²) in [6.07, 6.45) is 0. The Bertz CT molecular complexity index is 972. The molecule has 0 aliphatic heterocycles. The van der Waals surface area contributed by atoms with E-state index in [1.54, 1.807) is 0 Å². The Labute approximate surface area is 175 Å². The van der Waals surface area contributed by atoms with E-state index in [1.807, 2.05) is 0 Å². The third-order valence-corrected chi connectivity index (χ3v) is 4.35. The van der Waals surface area contributed by atoms with Gasteiger partial charge in [0.1, 0.15) is 20.2 Å². The van der Waals surface area contributed by atoms with Gasteiger partial charge in [0.25, 0.3) is 0 Å². The molecule has 2 aromatic carbocycles. The number of benzene rings is 2. The van der Waals surface area contributed by atoms with Gasteiger partial charge >= 0.3 is 0 Å². The van der Waals surface area contributed by atoms with Crippen LogP contribution in [0.5, 0.6) is 5.75 Å². The maximum atomic E-state index is 11.0. The van der Waals surface area contributed by atoms with Crippen LogP contribution in [-0.2, 0) is 20.2 Å². The molecule has 0 aliphatic rings. The van der Waals surface area contributed by atoms with Crippen LogP contribution in [-0.4, -0.2) is 90.2 Å². The van der Waals surface area contributed by atoms with E-state index < -0.39 is 41.5 Å². The predicted octanol–water partition coefficient (Wildman–Crippen LogP) is -0.0101. The van der Waals surface area contributed by atoms with Crippen LogP contribution in [0.25, 0.3) is 10.8 Å². The van der Waals surface area contributed by atoms with Crippen molar-refractivity contribution < 1.29 is 31.0 Å². The van der Waals surface area contributed by atoms with Gasteiger partial charge in [-0.2, -0.15) is 0 Å². The molecule has 0 saturated heterocycles. The fourth-order valence-corrected chi connectivity index (χ4v) is 2.91. The Morgan fingerprint density at radius 2 is 1.52 bits per heavy atom. The molecule has 2 radical (unpaired) electrons. The van der Waals surface area contributed by atoms with Gasteiger partial charge < -0.3 is 14.2 Å². The quantitative estimate of drug-likeness (QED) is 0.443. The molecular weight excluding hydrogens is 372 g/mol. The molecule has 2 aromatic rings. The molecule has 1 N–H and O–H groups in total. The van der Waals surface area contributed by atoms with E-state index in [4.69, 9.17) is 0 Å². The molecular formula is C10H5NNa2O8S2-2. The van der Waals surface area contributed by atoms with Crippen LogP contribution in [0.15, 0.2) is 39.2 Å². The minimum atomic E-state index is -5.14. The normalized spacial score (nSPS) is 11.4. The number of nitrogens with zero attached hydrogens (tertiary/aromatic N) is 1. The van der Waals surface area contributed by atoms with Crippen LogP contribution in [0.3, 0.4) is 0 Å². The van der Waals surface area contributed by atoms with E-state index in [0.29, 0.717) is 6.07 Å². The monoisotopic (exact) mass is 377 g/mol. The number of phenolic OH excluding ortho intramolecular Hbond substituents is 1. The second kappa shape index (κ2) is 7.87. The van der Waals surface area contributed by atoms with Gasteiger partial charge in [0.15, 0.2) is 11.4 Å². The minimum Gasteiger partial charge on any atom is -0.744 e. The second-order valence-electron chi connectivity index (χ2n) is 3.95. The molecule has 2 rings (SSSR count). The van der Waals surface area contributed by atoms with Crippen LogP contribution >= 0.6 is 0 Å². The van der Waals surface area contributed by atoms with Crippen molar-refractivity contribution in [3.8, 4) is 5.75 Å². The summed E-state index contributed by atoms with van der Waals surface area (Å²) in [4.78, 5) is 8.81. The summed E-state index contributed by atoms with van der Waals surface area (Å²) in [6.45, 7) is 0. The molecule has 0 heterocycles. The molecule has 0 spiro atoms. The largest absolute Gasteiger partial charge is 0.744 e. The van der Waals surface area contributed by atoms with Gasteiger partial charge in [-0.1, -0.05) is 0 Å². The van der Waals surface area contributed by atoms with Crippen molar-refractivity contribution in [2.45, 2.75) is 9.79 Å². The Kier molecular flexibility index (Phi) is 7.84. The van der Waals surface area contributed by atoms with Crippen molar-refractivity contribution in [1.82, 2.24) is 0 Å². The number of hydrogen-bond donors (Lipinski definition) is 1. The Hall–Kier alpha value is -0.0800. The van der Waals surface area contributed by atoms with Crippen molar-refractivity contribution in [1.29, 1.82) is 0 Å². The van der Waals surface area contributed by atoms with Crippen molar-refractivity contribution in [3.05, 3.63) is 29.2 Å². The number of phenols is 1. The number of aromatic hydroxyl groups is 1. The van der Waals surface area contributed by atoms with Gasteiger partial charge in [0.2, 0.25) is 0 Å². The van der Waals surface area contributed by atoms with Gasteiger partial charge in [-0.25, -0.2) is 16.8 Å². The summed E-state index contributed by atoms with van der Waals surface area (Å²) in [7, 11) is -9.95. The molecule has 0 saturated carbocycles. The fourth-order valence-electron chi connectivity index (χ4n) is 1.76. The third kappa shape index (κ3) is 4.72. The van der Waals surface area contributed by atoms with Gasteiger partial charge in [-0.05, 0) is 34.8 Å². The minimum absolute atomic E-state index is 0. The average Bonchev–Trinajstić information content (AvgIpc) is 2.35. The third-order valence-electron chi connectivity index (χ3n) is 2.67. The van der Waals surface area contributed by atoms with E-state index in [1.165, 1.54) is 0 Å². The van der Waals surface area contributed by atoms with Gasteiger partial charge in [0.05, 0.1) is 9.79 Å². The summed E-state index contributed by atoms with van der Waals surface area (Å²) >= 11 is 0. The Morgan fingerprint density at radius 3 is 1.96 bits per heavy atom. The van der Waals surface area contributed by atoms with Crippen LogP contribution in [0.4, 0.5) is 5.69 Å². The Morgan fingerprint density at radius 1 is 0.957 bits per heavy atom. The summed E-state index contributed by atoms with van der Waals surface area (Å²) in [6, 6.07) is 3.30. The number of hydrogen-bond acceptors (Lipinski definition) is 9. The summed E-state index contributed by atoms with van der Waals surface area (Å²) < 4.78 is 65.8. The van der Waals surface area contributed by atoms with E-state index in [2.05, 4.69) is 5.18 Å². The topological polar surface area (TPSA) is 164 Å². The van der Waals surface area contributed by atoms with Crippen LogP contribution in [0.1, 0.15) is 0 Å². The SMILES string of the molecule is O=Nc1c(S(=O)(=O)[O-])cc2cc(S(=O)(=O)[O-])ccc2c1O.[Na].[Na]. The molecule has 23 heavy (non-hydrogen) atoms. The molecule has 0 bridgehead atoms. The van der Waals surface area contributed by atoms with Gasteiger partial charge in [0, 0.05) is 64.5 Å². The van der Waals surface area contributed by atoms with Crippen molar-refractivity contribution in [2.75, 3.05) is 0 Å². The van der Waals surface area contributed by atoms with Crippen molar-refractivity contribution >= 4 is 95.8 Å². The van der Waals surface area contributed by atoms with Gasteiger partial charge in [-0.3, -0.25) is 0 Å². The molecule has 0 aromatic heterocycles. The zero-order chi connectivity index (χ0) is 16.0. The fraction of sp³-hybridized carbons (Fsp3) is 0. The first-order chi connectivity index (χ1) is 9.55. The Balaban J connectivity index is 0.00000242.